The molecule has 102 valence electrons. The SMILES string of the molecule is COCC(C)NC(=O)Cn1ccc(C(F)(F)F)n1. The van der Waals surface area contributed by atoms with E-state index in [1.54, 1.807) is 6.92 Å². The lowest BCUT2D eigenvalue weighted by Gasteiger charge is -2.12. The van der Waals surface area contributed by atoms with Crippen LogP contribution in [0.25, 0.3) is 0 Å². The van der Waals surface area contributed by atoms with E-state index in [1.807, 2.05) is 0 Å². The van der Waals surface area contributed by atoms with E-state index in [2.05, 4.69) is 10.4 Å². The zero-order valence-electron chi connectivity index (χ0n) is 9.99. The average Bonchev–Trinajstić information content (AvgIpc) is 2.65. The zero-order valence-corrected chi connectivity index (χ0v) is 9.99. The van der Waals surface area contributed by atoms with Crippen molar-refractivity contribution >= 4 is 5.91 Å². The fourth-order valence-electron chi connectivity index (χ4n) is 1.36. The first-order valence-electron chi connectivity index (χ1n) is 5.22. The zero-order chi connectivity index (χ0) is 13.8. The molecule has 1 unspecified atom stereocenters. The molecule has 1 heterocycles. The Hall–Kier alpha value is -1.57. The minimum absolute atomic E-state index is 0.208. The third-order valence-electron chi connectivity index (χ3n) is 2.06. The predicted octanol–water partition coefficient (Wildman–Crippen LogP) is 1.05. The molecule has 0 saturated heterocycles. The van der Waals surface area contributed by atoms with Gasteiger partial charge in [-0.25, -0.2) is 0 Å². The normalized spacial score (nSPS) is 13.4. The van der Waals surface area contributed by atoms with Gasteiger partial charge in [0.05, 0.1) is 6.61 Å². The van der Waals surface area contributed by atoms with Crippen LogP contribution in [-0.2, 0) is 22.3 Å². The van der Waals surface area contributed by atoms with Crippen LogP contribution in [0.15, 0.2) is 12.3 Å². The molecule has 1 aromatic heterocycles. The number of carbonyl (C=O) groups is 1. The fraction of sp³-hybridized carbons (Fsp3) is 0.600. The monoisotopic (exact) mass is 265 g/mol. The number of amides is 1. The van der Waals surface area contributed by atoms with Crippen molar-refractivity contribution in [3.63, 3.8) is 0 Å². The third kappa shape index (κ3) is 4.36. The number of ether oxygens (including phenoxy) is 1. The molecule has 1 atom stereocenters. The second kappa shape index (κ2) is 5.85. The van der Waals surface area contributed by atoms with E-state index >= 15 is 0 Å². The molecule has 0 radical (unpaired) electrons. The van der Waals surface area contributed by atoms with Crippen molar-refractivity contribution in [2.75, 3.05) is 13.7 Å². The van der Waals surface area contributed by atoms with Crippen molar-refractivity contribution in [1.29, 1.82) is 0 Å². The number of carbonyl (C=O) groups excluding carboxylic acids is 1. The van der Waals surface area contributed by atoms with E-state index in [-0.39, 0.29) is 12.6 Å². The number of hydrogen-bond donors (Lipinski definition) is 1. The van der Waals surface area contributed by atoms with Gasteiger partial charge in [-0.05, 0) is 13.0 Å². The maximum atomic E-state index is 12.3. The molecule has 1 aromatic rings. The van der Waals surface area contributed by atoms with Crippen molar-refractivity contribution in [1.82, 2.24) is 15.1 Å². The minimum Gasteiger partial charge on any atom is -0.383 e. The molecule has 5 nitrogen and oxygen atoms in total. The molecule has 1 rings (SSSR count). The number of halogens is 3. The Morgan fingerprint density at radius 1 is 1.61 bits per heavy atom. The average molecular weight is 265 g/mol. The summed E-state index contributed by atoms with van der Waals surface area (Å²) in [7, 11) is 1.49. The van der Waals surface area contributed by atoms with Gasteiger partial charge in [0.15, 0.2) is 5.69 Å². The number of nitrogens with zero attached hydrogens (tertiary/aromatic N) is 2. The van der Waals surface area contributed by atoms with Gasteiger partial charge < -0.3 is 10.1 Å². The smallest absolute Gasteiger partial charge is 0.383 e. The highest BCUT2D eigenvalue weighted by Gasteiger charge is 2.33. The van der Waals surface area contributed by atoms with Crippen molar-refractivity contribution < 1.29 is 22.7 Å². The van der Waals surface area contributed by atoms with Gasteiger partial charge in [0.1, 0.15) is 6.54 Å². The Kier molecular flexibility index (Phi) is 4.71. The van der Waals surface area contributed by atoms with E-state index in [9.17, 15) is 18.0 Å². The summed E-state index contributed by atoms with van der Waals surface area (Å²) in [5.41, 5.74) is -1.01. The van der Waals surface area contributed by atoms with Gasteiger partial charge in [-0.1, -0.05) is 0 Å². The quantitative estimate of drug-likeness (QED) is 0.866. The second-order valence-electron chi connectivity index (χ2n) is 3.82. The highest BCUT2D eigenvalue weighted by atomic mass is 19.4. The van der Waals surface area contributed by atoms with Crippen LogP contribution in [0.5, 0.6) is 0 Å². The highest BCUT2D eigenvalue weighted by molar-refractivity contribution is 5.75. The Morgan fingerprint density at radius 3 is 2.78 bits per heavy atom. The first-order valence-corrected chi connectivity index (χ1v) is 5.22. The van der Waals surface area contributed by atoms with Gasteiger partial charge in [0.2, 0.25) is 5.91 Å². The van der Waals surface area contributed by atoms with Crippen LogP contribution in [-0.4, -0.2) is 35.4 Å². The lowest BCUT2D eigenvalue weighted by atomic mass is 10.3. The summed E-state index contributed by atoms with van der Waals surface area (Å²) >= 11 is 0. The van der Waals surface area contributed by atoms with Gasteiger partial charge in [-0.3, -0.25) is 9.48 Å². The Balaban J connectivity index is 2.52. The molecule has 8 heteroatoms. The van der Waals surface area contributed by atoms with Crippen LogP contribution in [0, 0.1) is 0 Å². The molecule has 0 bridgehead atoms. The molecular formula is C10H14F3N3O2. The van der Waals surface area contributed by atoms with Crippen LogP contribution in [0.3, 0.4) is 0 Å². The second-order valence-corrected chi connectivity index (χ2v) is 3.82. The molecule has 0 saturated carbocycles. The first-order chi connectivity index (χ1) is 8.32. The van der Waals surface area contributed by atoms with E-state index in [0.29, 0.717) is 6.61 Å². The Labute approximate surface area is 102 Å². The molecule has 0 aliphatic heterocycles. The number of nitrogens with one attached hydrogen (secondary N) is 1. The number of methoxy groups -OCH3 is 1. The van der Waals surface area contributed by atoms with E-state index in [4.69, 9.17) is 4.74 Å². The van der Waals surface area contributed by atoms with Crippen LogP contribution < -0.4 is 5.32 Å². The minimum atomic E-state index is -4.49. The van der Waals surface area contributed by atoms with Crippen molar-refractivity contribution in [3.8, 4) is 0 Å². The van der Waals surface area contributed by atoms with Gasteiger partial charge in [0.25, 0.3) is 0 Å². The van der Waals surface area contributed by atoms with Crippen LogP contribution in [0.1, 0.15) is 12.6 Å². The molecule has 1 N–H and O–H groups in total. The Bertz CT molecular complexity index is 403. The van der Waals surface area contributed by atoms with Gasteiger partial charge in [-0.15, -0.1) is 0 Å². The Morgan fingerprint density at radius 2 is 2.28 bits per heavy atom. The predicted molar refractivity (Wildman–Crippen MR) is 56.7 cm³/mol. The molecule has 0 aliphatic carbocycles. The fourth-order valence-corrected chi connectivity index (χ4v) is 1.36. The van der Waals surface area contributed by atoms with Crippen LogP contribution in [0.2, 0.25) is 0 Å². The van der Waals surface area contributed by atoms with Crippen LogP contribution >= 0.6 is 0 Å². The summed E-state index contributed by atoms with van der Waals surface area (Å²) < 4.78 is 42.5. The number of rotatable bonds is 5. The van der Waals surface area contributed by atoms with Gasteiger partial charge in [-0.2, -0.15) is 18.3 Å². The van der Waals surface area contributed by atoms with E-state index < -0.39 is 17.8 Å². The van der Waals surface area contributed by atoms with Crippen LogP contribution in [0.4, 0.5) is 13.2 Å². The molecule has 0 aliphatic rings. The molecule has 18 heavy (non-hydrogen) atoms. The maximum absolute atomic E-state index is 12.3. The van der Waals surface area contributed by atoms with E-state index in [1.165, 1.54) is 7.11 Å². The van der Waals surface area contributed by atoms with Crippen molar-refractivity contribution in [2.24, 2.45) is 0 Å². The largest absolute Gasteiger partial charge is 0.435 e. The molecule has 1 amide bonds. The van der Waals surface area contributed by atoms with E-state index in [0.717, 1.165) is 16.9 Å². The standard InChI is InChI=1S/C10H14F3N3O2/c1-7(6-18-2)14-9(17)5-16-4-3-8(15-16)10(11,12)13/h3-4,7H,5-6H2,1-2H3,(H,14,17). The van der Waals surface area contributed by atoms with Gasteiger partial charge >= 0.3 is 6.18 Å². The number of alkyl halides is 3. The summed E-state index contributed by atoms with van der Waals surface area (Å²) in [4.78, 5) is 11.4. The third-order valence-corrected chi connectivity index (χ3v) is 2.06. The maximum Gasteiger partial charge on any atom is 0.435 e. The number of aromatic nitrogens is 2. The van der Waals surface area contributed by atoms with Crippen molar-refractivity contribution in [3.05, 3.63) is 18.0 Å². The summed E-state index contributed by atoms with van der Waals surface area (Å²) in [5, 5.41) is 5.85. The first kappa shape index (κ1) is 14.5. The van der Waals surface area contributed by atoms with Gasteiger partial charge in [0, 0.05) is 19.3 Å². The molecular weight excluding hydrogens is 251 g/mol. The lowest BCUT2D eigenvalue weighted by molar-refractivity contribution is -0.141. The molecule has 0 fully saturated rings. The lowest BCUT2D eigenvalue weighted by Crippen LogP contribution is -2.37. The summed E-state index contributed by atoms with van der Waals surface area (Å²) in [6.07, 6.45) is -3.38. The summed E-state index contributed by atoms with van der Waals surface area (Å²) in [6, 6.07) is 0.617. The topological polar surface area (TPSA) is 56.1 Å². The summed E-state index contributed by atoms with van der Waals surface area (Å²) in [6.45, 7) is 1.80. The summed E-state index contributed by atoms with van der Waals surface area (Å²) in [5.74, 6) is -0.420. The number of hydrogen-bond acceptors (Lipinski definition) is 3. The molecule has 0 aromatic carbocycles. The van der Waals surface area contributed by atoms with Crippen molar-refractivity contribution in [2.45, 2.75) is 25.7 Å². The highest BCUT2D eigenvalue weighted by Crippen LogP contribution is 2.27. The molecule has 0 spiro atoms.